The molecule has 0 radical (unpaired) electrons. The lowest BCUT2D eigenvalue weighted by Crippen LogP contribution is -2.04. The molecule has 2 nitrogen and oxygen atoms in total. The number of benzene rings is 3. The Kier molecular flexibility index (Phi) is 4.94. The van der Waals surface area contributed by atoms with Gasteiger partial charge in [-0.2, -0.15) is 0 Å². The lowest BCUT2D eigenvalue weighted by atomic mass is 9.85. The second-order valence-electron chi connectivity index (χ2n) is 9.05. The van der Waals surface area contributed by atoms with Gasteiger partial charge in [-0.1, -0.05) is 66.7 Å². The Morgan fingerprint density at radius 3 is 1.39 bits per heavy atom. The summed E-state index contributed by atoms with van der Waals surface area (Å²) in [4.78, 5) is 0. The summed E-state index contributed by atoms with van der Waals surface area (Å²) >= 11 is 0. The van der Waals surface area contributed by atoms with Crippen LogP contribution >= 0.6 is 0 Å². The SMILES string of the molecule is CC(C)n1cc(C(c2ccccc2)c2cn(C(C)C)c3ccccc23)c2ccccc21. The molecule has 31 heavy (non-hydrogen) atoms. The molecule has 0 saturated heterocycles. The van der Waals surface area contributed by atoms with Crippen molar-refractivity contribution in [2.75, 3.05) is 0 Å². The molecule has 0 aliphatic rings. The second kappa shape index (κ2) is 7.77. The highest BCUT2D eigenvalue weighted by Gasteiger charge is 2.25. The minimum Gasteiger partial charge on any atom is -0.345 e. The molecule has 0 aliphatic carbocycles. The molecule has 3 aromatic carbocycles. The summed E-state index contributed by atoms with van der Waals surface area (Å²) in [5, 5.41) is 2.68. The fraction of sp³-hybridized carbons (Fsp3) is 0.241. The van der Waals surface area contributed by atoms with Crippen LogP contribution in [0.15, 0.2) is 91.3 Å². The maximum Gasteiger partial charge on any atom is 0.0485 e. The average Bonchev–Trinajstić information content (AvgIpc) is 3.35. The van der Waals surface area contributed by atoms with Crippen molar-refractivity contribution in [3.05, 3.63) is 108 Å². The van der Waals surface area contributed by atoms with E-state index in [0.717, 1.165) is 0 Å². The number of aromatic nitrogens is 2. The lowest BCUT2D eigenvalue weighted by Gasteiger charge is -2.18. The summed E-state index contributed by atoms with van der Waals surface area (Å²) in [7, 11) is 0. The van der Waals surface area contributed by atoms with Gasteiger partial charge in [0.1, 0.15) is 0 Å². The number of hydrogen-bond acceptors (Lipinski definition) is 0. The van der Waals surface area contributed by atoms with E-state index in [2.05, 4.69) is 128 Å². The highest BCUT2D eigenvalue weighted by Crippen LogP contribution is 2.41. The van der Waals surface area contributed by atoms with Gasteiger partial charge in [0.25, 0.3) is 0 Å². The van der Waals surface area contributed by atoms with E-state index < -0.39 is 0 Å². The molecule has 0 amide bonds. The van der Waals surface area contributed by atoms with Gasteiger partial charge in [0, 0.05) is 52.2 Å². The van der Waals surface area contributed by atoms with Crippen LogP contribution in [0, 0.1) is 0 Å². The van der Waals surface area contributed by atoms with Crippen LogP contribution < -0.4 is 0 Å². The van der Waals surface area contributed by atoms with Gasteiger partial charge in [-0.05, 0) is 56.5 Å². The molecule has 2 heterocycles. The molecule has 5 rings (SSSR count). The number of hydrogen-bond donors (Lipinski definition) is 0. The topological polar surface area (TPSA) is 9.86 Å². The highest BCUT2D eigenvalue weighted by molar-refractivity contribution is 5.90. The summed E-state index contributed by atoms with van der Waals surface area (Å²) in [6.07, 6.45) is 4.77. The summed E-state index contributed by atoms with van der Waals surface area (Å²) in [5.74, 6) is 0.177. The van der Waals surface area contributed by atoms with Crippen LogP contribution in [0.4, 0.5) is 0 Å². The largest absolute Gasteiger partial charge is 0.345 e. The van der Waals surface area contributed by atoms with E-state index in [1.54, 1.807) is 0 Å². The van der Waals surface area contributed by atoms with Gasteiger partial charge in [-0.15, -0.1) is 0 Å². The van der Waals surface area contributed by atoms with Crippen LogP contribution in [0.1, 0.15) is 62.4 Å². The van der Waals surface area contributed by atoms with E-state index in [0.29, 0.717) is 12.1 Å². The van der Waals surface area contributed by atoms with Gasteiger partial charge >= 0.3 is 0 Å². The third-order valence-corrected chi connectivity index (χ3v) is 6.41. The second-order valence-corrected chi connectivity index (χ2v) is 9.05. The average molecular weight is 407 g/mol. The van der Waals surface area contributed by atoms with E-state index in [9.17, 15) is 0 Å². The number of fused-ring (bicyclic) bond motifs is 2. The molecule has 0 aliphatic heterocycles. The van der Waals surface area contributed by atoms with Gasteiger partial charge in [-0.3, -0.25) is 0 Å². The van der Waals surface area contributed by atoms with Crippen molar-refractivity contribution in [1.29, 1.82) is 0 Å². The first-order valence-electron chi connectivity index (χ1n) is 11.3. The van der Waals surface area contributed by atoms with Gasteiger partial charge in [0.05, 0.1) is 0 Å². The first-order chi connectivity index (χ1) is 15.1. The highest BCUT2D eigenvalue weighted by atomic mass is 15.0. The van der Waals surface area contributed by atoms with Crippen molar-refractivity contribution >= 4 is 21.8 Å². The fourth-order valence-corrected chi connectivity index (χ4v) is 4.95. The number of rotatable bonds is 5. The zero-order valence-electron chi connectivity index (χ0n) is 18.8. The molecule has 0 unspecified atom stereocenters. The van der Waals surface area contributed by atoms with Crippen LogP contribution in [0.2, 0.25) is 0 Å². The zero-order chi connectivity index (χ0) is 21.5. The molecule has 156 valence electrons. The molecule has 0 atom stereocenters. The summed E-state index contributed by atoms with van der Waals surface area (Å²) in [6.45, 7) is 9.05. The van der Waals surface area contributed by atoms with Crippen molar-refractivity contribution < 1.29 is 0 Å². The third kappa shape index (κ3) is 3.27. The standard InChI is InChI=1S/C29H30N2/c1-20(2)30-18-25(23-14-8-10-16-27(23)30)29(22-12-6-5-7-13-22)26-19-31(21(3)4)28-17-11-9-15-24(26)28/h5-21,29H,1-4H3. The van der Waals surface area contributed by atoms with Crippen molar-refractivity contribution in [1.82, 2.24) is 9.13 Å². The molecule has 2 aromatic heterocycles. The quantitative estimate of drug-likeness (QED) is 0.280. The smallest absolute Gasteiger partial charge is 0.0485 e. The molecule has 0 fully saturated rings. The van der Waals surface area contributed by atoms with Crippen LogP contribution in [0.25, 0.3) is 21.8 Å². The fourth-order valence-electron chi connectivity index (χ4n) is 4.95. The Bertz CT molecular complexity index is 1250. The minimum absolute atomic E-state index is 0.177. The predicted molar refractivity (Wildman–Crippen MR) is 132 cm³/mol. The molecule has 0 saturated carbocycles. The maximum absolute atomic E-state index is 2.42. The Balaban J connectivity index is 1.85. The summed E-state index contributed by atoms with van der Waals surface area (Å²) < 4.78 is 4.84. The molecule has 5 aromatic rings. The monoisotopic (exact) mass is 406 g/mol. The van der Waals surface area contributed by atoms with Crippen LogP contribution in [-0.4, -0.2) is 9.13 Å². The molecular weight excluding hydrogens is 376 g/mol. The first kappa shape index (κ1) is 19.7. The lowest BCUT2D eigenvalue weighted by molar-refractivity contribution is 0.618. The van der Waals surface area contributed by atoms with Gasteiger partial charge < -0.3 is 9.13 Å². The molecule has 0 spiro atoms. The minimum atomic E-state index is 0.177. The summed E-state index contributed by atoms with van der Waals surface area (Å²) in [6, 6.07) is 29.5. The maximum atomic E-state index is 2.42. The van der Waals surface area contributed by atoms with Gasteiger partial charge in [0.15, 0.2) is 0 Å². The molecule has 0 N–H and O–H groups in total. The van der Waals surface area contributed by atoms with Gasteiger partial charge in [0.2, 0.25) is 0 Å². The van der Waals surface area contributed by atoms with Crippen LogP contribution in [-0.2, 0) is 0 Å². The van der Waals surface area contributed by atoms with Crippen molar-refractivity contribution in [2.45, 2.75) is 45.7 Å². The Morgan fingerprint density at radius 2 is 0.935 bits per heavy atom. The van der Waals surface area contributed by atoms with E-state index >= 15 is 0 Å². The van der Waals surface area contributed by atoms with Crippen molar-refractivity contribution in [3.63, 3.8) is 0 Å². The van der Waals surface area contributed by atoms with Crippen LogP contribution in [0.5, 0.6) is 0 Å². The van der Waals surface area contributed by atoms with Crippen molar-refractivity contribution in [3.8, 4) is 0 Å². The molecule has 0 bridgehead atoms. The first-order valence-corrected chi connectivity index (χ1v) is 11.3. The van der Waals surface area contributed by atoms with E-state index in [1.807, 2.05) is 0 Å². The predicted octanol–water partition coefficient (Wildman–Crippen LogP) is 7.94. The van der Waals surface area contributed by atoms with E-state index in [1.165, 1.54) is 38.5 Å². The zero-order valence-corrected chi connectivity index (χ0v) is 18.8. The normalized spacial score (nSPS) is 12.1. The Morgan fingerprint density at radius 1 is 0.516 bits per heavy atom. The third-order valence-electron chi connectivity index (χ3n) is 6.41. The number of nitrogens with zero attached hydrogens (tertiary/aromatic N) is 2. The molecule has 2 heteroatoms. The Labute approximate surface area is 184 Å². The van der Waals surface area contributed by atoms with Gasteiger partial charge in [-0.25, -0.2) is 0 Å². The Hall–Kier alpha value is -3.26. The van der Waals surface area contributed by atoms with E-state index in [-0.39, 0.29) is 5.92 Å². The van der Waals surface area contributed by atoms with Crippen LogP contribution in [0.3, 0.4) is 0 Å². The van der Waals surface area contributed by atoms with Crippen molar-refractivity contribution in [2.24, 2.45) is 0 Å². The number of para-hydroxylation sites is 2. The molecular formula is C29H30N2. The summed E-state index contributed by atoms with van der Waals surface area (Å²) in [5.41, 5.74) is 6.70. The van der Waals surface area contributed by atoms with E-state index in [4.69, 9.17) is 0 Å².